The van der Waals surface area contributed by atoms with Crippen molar-refractivity contribution in [3.05, 3.63) is 103 Å². The van der Waals surface area contributed by atoms with Crippen LogP contribution in [0.5, 0.6) is 0 Å². The minimum Gasteiger partial charge on any atom is -0.334 e. The van der Waals surface area contributed by atoms with E-state index in [1.807, 2.05) is 24.3 Å². The lowest BCUT2D eigenvalue weighted by molar-refractivity contribution is 0.126. The molecule has 9 heteroatoms. The molecule has 43 heavy (non-hydrogen) atoms. The Kier molecular flexibility index (Phi) is 8.97. The van der Waals surface area contributed by atoms with Gasteiger partial charge in [0.2, 0.25) is 0 Å². The normalized spacial score (nSPS) is 17.7. The second kappa shape index (κ2) is 13.0. The maximum atomic E-state index is 13.0. The van der Waals surface area contributed by atoms with Gasteiger partial charge in [0.05, 0.1) is 17.1 Å². The van der Waals surface area contributed by atoms with Gasteiger partial charge in [-0.2, -0.15) is 0 Å². The summed E-state index contributed by atoms with van der Waals surface area (Å²) in [6.07, 6.45) is 3.86. The van der Waals surface area contributed by atoms with Crippen LogP contribution in [0, 0.1) is 0 Å². The molecular weight excluding hydrogens is 556 g/mol. The Labute approximate surface area is 255 Å². The summed E-state index contributed by atoms with van der Waals surface area (Å²) in [6, 6.07) is 27.2. The molecule has 0 unspecified atom stereocenters. The molecule has 0 aliphatic carbocycles. The molecule has 0 atom stereocenters. The van der Waals surface area contributed by atoms with E-state index in [-0.39, 0.29) is 0 Å². The molecular formula is C34H42N6O2S. The van der Waals surface area contributed by atoms with Crippen molar-refractivity contribution in [1.29, 1.82) is 0 Å². The summed E-state index contributed by atoms with van der Waals surface area (Å²) < 4.78 is 29.7. The Balaban J connectivity index is 0.000000167. The van der Waals surface area contributed by atoms with Crippen LogP contribution in [-0.2, 0) is 23.2 Å². The van der Waals surface area contributed by atoms with Crippen molar-refractivity contribution < 1.29 is 8.42 Å². The number of piperazine rings is 2. The van der Waals surface area contributed by atoms with Crippen LogP contribution >= 0.6 is 0 Å². The largest absolute Gasteiger partial charge is 0.334 e. The molecule has 3 aromatic carbocycles. The summed E-state index contributed by atoms with van der Waals surface area (Å²) in [5.41, 5.74) is 3.25. The molecule has 0 radical (unpaired) electrons. The zero-order chi connectivity index (χ0) is 29.8. The van der Waals surface area contributed by atoms with Crippen LogP contribution in [0.25, 0.3) is 21.8 Å². The topological polar surface area (TPSA) is 57.0 Å². The molecule has 0 N–H and O–H groups in total. The summed E-state index contributed by atoms with van der Waals surface area (Å²) in [7, 11) is 0.759. The van der Waals surface area contributed by atoms with E-state index in [0.29, 0.717) is 4.90 Å². The average Bonchev–Trinajstić information content (AvgIpc) is 3.66. The van der Waals surface area contributed by atoms with Crippen LogP contribution in [0.3, 0.4) is 0 Å². The van der Waals surface area contributed by atoms with Crippen molar-refractivity contribution in [2.75, 3.05) is 66.5 Å². The summed E-state index contributed by atoms with van der Waals surface area (Å²) in [5.74, 6) is 0. The first kappa shape index (κ1) is 29.6. The first-order valence-corrected chi connectivity index (χ1v) is 16.6. The van der Waals surface area contributed by atoms with E-state index in [4.69, 9.17) is 0 Å². The Hall–Kier alpha value is -3.47. The molecule has 226 valence electrons. The van der Waals surface area contributed by atoms with Crippen molar-refractivity contribution >= 4 is 31.8 Å². The third-order valence-corrected chi connectivity index (χ3v) is 10.4. The SMILES string of the molecule is CN1CCN(Cc2cccc3c2ccn3S(=O)(=O)c2ccccc2)CC1.CN1CCN(Cn2ccc3ccccc32)CC1. The molecule has 2 saturated heterocycles. The Bertz CT molecular complexity index is 1750. The van der Waals surface area contributed by atoms with E-state index in [9.17, 15) is 8.42 Å². The lowest BCUT2D eigenvalue weighted by Gasteiger charge is -2.32. The van der Waals surface area contributed by atoms with Crippen molar-refractivity contribution in [2.24, 2.45) is 0 Å². The minimum absolute atomic E-state index is 0.307. The van der Waals surface area contributed by atoms with E-state index in [1.54, 1.807) is 30.5 Å². The molecule has 2 aliphatic rings. The maximum absolute atomic E-state index is 13.0. The highest BCUT2D eigenvalue weighted by atomic mass is 32.2. The number of nitrogens with zero attached hydrogens (tertiary/aromatic N) is 6. The number of hydrogen-bond donors (Lipinski definition) is 0. The predicted octanol–water partition coefficient (Wildman–Crippen LogP) is 4.47. The maximum Gasteiger partial charge on any atom is 0.268 e. The number of benzene rings is 3. The predicted molar refractivity (Wildman–Crippen MR) is 175 cm³/mol. The van der Waals surface area contributed by atoms with Crippen LogP contribution in [0.15, 0.2) is 102 Å². The molecule has 8 nitrogen and oxygen atoms in total. The molecule has 4 heterocycles. The summed E-state index contributed by atoms with van der Waals surface area (Å²) >= 11 is 0. The zero-order valence-electron chi connectivity index (χ0n) is 25.2. The zero-order valence-corrected chi connectivity index (χ0v) is 26.0. The van der Waals surface area contributed by atoms with Gasteiger partial charge >= 0.3 is 0 Å². The number of para-hydroxylation sites is 1. The van der Waals surface area contributed by atoms with Gasteiger partial charge in [-0.15, -0.1) is 0 Å². The quantitative estimate of drug-likeness (QED) is 0.288. The van der Waals surface area contributed by atoms with Gasteiger partial charge < -0.3 is 14.4 Å². The second-order valence-corrected chi connectivity index (χ2v) is 13.6. The summed E-state index contributed by atoms with van der Waals surface area (Å²) in [4.78, 5) is 9.98. The standard InChI is InChI=1S/C20H23N3O2S.C14H19N3/c1-21-12-14-22(15-13-21)16-17-6-5-9-20-19(17)10-11-23(20)26(24,25)18-7-3-2-4-8-18;1-15-8-10-16(11-9-15)12-17-7-6-13-4-2-3-5-14(13)17/h2-11H,12-16H2,1H3;2-7H,8-12H2,1H3. The number of likely N-dealkylation sites (N-methyl/N-ethyl adjacent to an activating group) is 2. The molecule has 0 bridgehead atoms. The van der Waals surface area contributed by atoms with Gasteiger partial charge in [-0.3, -0.25) is 9.80 Å². The number of aromatic nitrogens is 2. The average molecular weight is 599 g/mol. The first-order chi connectivity index (χ1) is 20.9. The second-order valence-electron chi connectivity index (χ2n) is 11.8. The first-order valence-electron chi connectivity index (χ1n) is 15.1. The van der Waals surface area contributed by atoms with Gasteiger partial charge in [0.1, 0.15) is 0 Å². The van der Waals surface area contributed by atoms with Crippen LogP contribution in [0.1, 0.15) is 5.56 Å². The van der Waals surface area contributed by atoms with Gasteiger partial charge in [0.25, 0.3) is 10.0 Å². The smallest absolute Gasteiger partial charge is 0.268 e. The number of rotatable bonds is 6. The Morgan fingerprint density at radius 3 is 1.95 bits per heavy atom. The molecule has 2 aromatic heterocycles. The van der Waals surface area contributed by atoms with Crippen molar-refractivity contribution in [3.63, 3.8) is 0 Å². The molecule has 0 saturated carbocycles. The highest BCUT2D eigenvalue weighted by Crippen LogP contribution is 2.26. The molecule has 0 spiro atoms. The summed E-state index contributed by atoms with van der Waals surface area (Å²) in [5, 5.41) is 2.34. The van der Waals surface area contributed by atoms with Crippen molar-refractivity contribution in [1.82, 2.24) is 28.1 Å². The van der Waals surface area contributed by atoms with Gasteiger partial charge in [-0.1, -0.05) is 48.5 Å². The molecule has 0 amide bonds. The van der Waals surface area contributed by atoms with Crippen LogP contribution < -0.4 is 0 Å². The molecule has 2 aliphatic heterocycles. The van der Waals surface area contributed by atoms with E-state index in [0.717, 1.165) is 50.3 Å². The third-order valence-electron chi connectivity index (χ3n) is 8.71. The van der Waals surface area contributed by atoms with Gasteiger partial charge in [0, 0.05) is 82.2 Å². The summed E-state index contributed by atoms with van der Waals surface area (Å²) in [6.45, 7) is 10.8. The van der Waals surface area contributed by atoms with Crippen molar-refractivity contribution in [2.45, 2.75) is 18.1 Å². The van der Waals surface area contributed by atoms with E-state index in [1.165, 1.54) is 46.6 Å². The Morgan fingerprint density at radius 2 is 1.23 bits per heavy atom. The molecule has 5 aromatic rings. The third kappa shape index (κ3) is 6.71. The van der Waals surface area contributed by atoms with Gasteiger partial charge in [-0.25, -0.2) is 12.4 Å². The van der Waals surface area contributed by atoms with Gasteiger partial charge in [-0.05, 0) is 61.4 Å². The van der Waals surface area contributed by atoms with E-state index >= 15 is 0 Å². The lowest BCUT2D eigenvalue weighted by Crippen LogP contribution is -2.44. The fraction of sp³-hybridized carbons (Fsp3) is 0.353. The minimum atomic E-state index is -3.58. The highest BCUT2D eigenvalue weighted by molar-refractivity contribution is 7.90. The van der Waals surface area contributed by atoms with Crippen molar-refractivity contribution in [3.8, 4) is 0 Å². The number of hydrogen-bond acceptors (Lipinski definition) is 6. The van der Waals surface area contributed by atoms with E-state index in [2.05, 4.69) is 80.9 Å². The fourth-order valence-electron chi connectivity index (χ4n) is 5.98. The van der Waals surface area contributed by atoms with Gasteiger partial charge in [0.15, 0.2) is 0 Å². The van der Waals surface area contributed by atoms with Crippen LogP contribution in [0.4, 0.5) is 0 Å². The van der Waals surface area contributed by atoms with E-state index < -0.39 is 10.0 Å². The Morgan fingerprint density at radius 1 is 0.605 bits per heavy atom. The lowest BCUT2D eigenvalue weighted by atomic mass is 10.1. The number of fused-ring (bicyclic) bond motifs is 2. The molecule has 2 fully saturated rings. The monoisotopic (exact) mass is 598 g/mol. The van der Waals surface area contributed by atoms with Crippen LogP contribution in [0.2, 0.25) is 0 Å². The fourth-order valence-corrected chi connectivity index (χ4v) is 7.34. The highest BCUT2D eigenvalue weighted by Gasteiger charge is 2.21. The molecule has 7 rings (SSSR count). The van der Waals surface area contributed by atoms with Crippen LogP contribution in [-0.4, -0.2) is 103 Å².